The number of nitrogens with zero attached hydrogens (tertiary/aromatic N) is 2. The Bertz CT molecular complexity index is 608. The summed E-state index contributed by atoms with van der Waals surface area (Å²) in [5, 5.41) is 4.45. The zero-order chi connectivity index (χ0) is 18.4. The Balaban J connectivity index is 1.44. The largest absolute Gasteiger partial charge is 0.379 e. The Morgan fingerprint density at radius 2 is 2.00 bits per heavy atom. The number of carbonyl (C=O) groups is 1. The first-order chi connectivity index (χ1) is 12.6. The van der Waals surface area contributed by atoms with E-state index in [0.717, 1.165) is 70.9 Å². The van der Waals surface area contributed by atoms with Crippen LogP contribution in [-0.4, -0.2) is 68.2 Å². The number of morpholine rings is 1. The number of piperidine rings is 1. The first-order valence-corrected chi connectivity index (χ1v) is 10.1. The molecule has 2 aliphatic rings. The zero-order valence-electron chi connectivity index (χ0n) is 15.1. The van der Waals surface area contributed by atoms with Crippen molar-refractivity contribution < 1.29 is 9.53 Å². The van der Waals surface area contributed by atoms with Crippen LogP contribution >= 0.6 is 23.2 Å². The summed E-state index contributed by atoms with van der Waals surface area (Å²) in [5.41, 5.74) is 1.06. The third kappa shape index (κ3) is 5.83. The molecule has 2 heterocycles. The first-order valence-electron chi connectivity index (χ1n) is 9.36. The smallest absolute Gasteiger partial charge is 0.224 e. The second-order valence-corrected chi connectivity index (χ2v) is 7.90. The van der Waals surface area contributed by atoms with Crippen LogP contribution in [0.1, 0.15) is 18.4 Å². The first kappa shape index (κ1) is 19.9. The zero-order valence-corrected chi connectivity index (χ0v) is 16.6. The molecule has 1 aromatic rings. The number of carbonyl (C=O) groups excluding carboxylic acids is 1. The van der Waals surface area contributed by atoms with Crippen LogP contribution in [0.15, 0.2) is 18.2 Å². The van der Waals surface area contributed by atoms with E-state index in [-0.39, 0.29) is 11.8 Å². The van der Waals surface area contributed by atoms with Crippen LogP contribution in [0.2, 0.25) is 10.0 Å². The molecule has 0 bridgehead atoms. The number of rotatable bonds is 6. The number of benzene rings is 1. The normalized spacial score (nSPS) is 22.3. The summed E-state index contributed by atoms with van der Waals surface area (Å²) in [6.07, 6.45) is 1.99. The number of nitrogens with one attached hydrogen (secondary N) is 1. The molecule has 5 nitrogen and oxygen atoms in total. The molecule has 2 aliphatic heterocycles. The van der Waals surface area contributed by atoms with E-state index >= 15 is 0 Å². The van der Waals surface area contributed by atoms with Gasteiger partial charge in [-0.1, -0.05) is 29.3 Å². The van der Waals surface area contributed by atoms with Crippen LogP contribution in [-0.2, 0) is 16.1 Å². The van der Waals surface area contributed by atoms with Gasteiger partial charge in [0.25, 0.3) is 0 Å². The predicted octanol–water partition coefficient (Wildman–Crippen LogP) is 2.65. The maximum Gasteiger partial charge on any atom is 0.224 e. The summed E-state index contributed by atoms with van der Waals surface area (Å²) in [6, 6.07) is 5.61. The Morgan fingerprint density at radius 1 is 1.19 bits per heavy atom. The van der Waals surface area contributed by atoms with Crippen LogP contribution in [0, 0.1) is 5.92 Å². The van der Waals surface area contributed by atoms with Crippen molar-refractivity contribution in [3.63, 3.8) is 0 Å². The van der Waals surface area contributed by atoms with Gasteiger partial charge < -0.3 is 10.1 Å². The average Bonchev–Trinajstić information content (AvgIpc) is 2.65. The van der Waals surface area contributed by atoms with Crippen LogP contribution in [0.4, 0.5) is 0 Å². The van der Waals surface area contributed by atoms with Crippen LogP contribution < -0.4 is 5.32 Å². The molecule has 1 amide bonds. The van der Waals surface area contributed by atoms with E-state index < -0.39 is 0 Å². The molecule has 0 radical (unpaired) electrons. The average molecular weight is 400 g/mol. The standard InChI is InChI=1S/C19H27Cl2N3O2/c20-17-4-3-15(18(21)12-17)13-24-6-1-2-16(14-24)19(25)22-5-7-23-8-10-26-11-9-23/h3-4,12,16H,1-2,5-11,13-14H2,(H,22,25)/t16-/m1/s1. The summed E-state index contributed by atoms with van der Waals surface area (Å²) in [6.45, 7) is 7.62. The Labute approximate surface area is 165 Å². The summed E-state index contributed by atoms with van der Waals surface area (Å²) < 4.78 is 5.35. The molecular weight excluding hydrogens is 373 g/mol. The van der Waals surface area contributed by atoms with E-state index in [0.29, 0.717) is 16.6 Å². The van der Waals surface area contributed by atoms with E-state index in [1.165, 1.54) is 0 Å². The van der Waals surface area contributed by atoms with Gasteiger partial charge in [-0.15, -0.1) is 0 Å². The quantitative estimate of drug-likeness (QED) is 0.798. The van der Waals surface area contributed by atoms with Gasteiger partial charge in [-0.05, 0) is 37.1 Å². The third-order valence-electron chi connectivity index (χ3n) is 5.12. The van der Waals surface area contributed by atoms with E-state index in [1.54, 1.807) is 6.07 Å². The van der Waals surface area contributed by atoms with Crippen LogP contribution in [0.25, 0.3) is 0 Å². The molecule has 3 rings (SSSR count). The number of amides is 1. The van der Waals surface area contributed by atoms with E-state index in [1.807, 2.05) is 12.1 Å². The summed E-state index contributed by atoms with van der Waals surface area (Å²) in [5.74, 6) is 0.227. The van der Waals surface area contributed by atoms with Gasteiger partial charge in [0.1, 0.15) is 0 Å². The lowest BCUT2D eigenvalue weighted by molar-refractivity contribution is -0.126. The fourth-order valence-corrected chi connectivity index (χ4v) is 4.08. The molecule has 1 atom stereocenters. The number of ether oxygens (including phenoxy) is 1. The van der Waals surface area contributed by atoms with Crippen LogP contribution in [0.3, 0.4) is 0 Å². The van der Waals surface area contributed by atoms with Gasteiger partial charge in [0.15, 0.2) is 0 Å². The number of hydrogen-bond acceptors (Lipinski definition) is 4. The topological polar surface area (TPSA) is 44.8 Å². The molecule has 0 spiro atoms. The molecule has 0 aromatic heterocycles. The lowest BCUT2D eigenvalue weighted by Gasteiger charge is -2.32. The number of likely N-dealkylation sites (tertiary alicyclic amines) is 1. The SMILES string of the molecule is O=C(NCCN1CCOCC1)[C@@H]1CCCN(Cc2ccc(Cl)cc2Cl)C1. The Kier molecular flexibility index (Phi) is 7.58. The van der Waals surface area contributed by atoms with Crippen molar-refractivity contribution in [2.24, 2.45) is 5.92 Å². The summed E-state index contributed by atoms with van der Waals surface area (Å²) in [7, 11) is 0. The minimum atomic E-state index is 0.0551. The van der Waals surface area contributed by atoms with Crippen molar-refractivity contribution in [3.05, 3.63) is 33.8 Å². The minimum absolute atomic E-state index is 0.0551. The summed E-state index contributed by atoms with van der Waals surface area (Å²) in [4.78, 5) is 17.2. The van der Waals surface area contributed by atoms with Gasteiger partial charge >= 0.3 is 0 Å². The van der Waals surface area contributed by atoms with Crippen molar-refractivity contribution in [1.29, 1.82) is 0 Å². The minimum Gasteiger partial charge on any atom is -0.379 e. The molecule has 26 heavy (non-hydrogen) atoms. The highest BCUT2D eigenvalue weighted by Gasteiger charge is 2.26. The molecule has 7 heteroatoms. The molecule has 144 valence electrons. The van der Waals surface area contributed by atoms with Gasteiger partial charge in [-0.2, -0.15) is 0 Å². The molecule has 1 N–H and O–H groups in total. The van der Waals surface area contributed by atoms with Gasteiger partial charge in [-0.25, -0.2) is 0 Å². The van der Waals surface area contributed by atoms with Gasteiger partial charge in [0.2, 0.25) is 5.91 Å². The molecular formula is C19H27Cl2N3O2. The highest BCUT2D eigenvalue weighted by Crippen LogP contribution is 2.25. The van der Waals surface area contributed by atoms with Crippen molar-refractivity contribution in [1.82, 2.24) is 15.1 Å². The fraction of sp³-hybridized carbons (Fsp3) is 0.632. The van der Waals surface area contributed by atoms with Crippen molar-refractivity contribution >= 4 is 29.1 Å². The monoisotopic (exact) mass is 399 g/mol. The second kappa shape index (κ2) is 9.90. The number of hydrogen-bond donors (Lipinski definition) is 1. The lowest BCUT2D eigenvalue weighted by atomic mass is 9.96. The molecule has 2 fully saturated rings. The van der Waals surface area contributed by atoms with Crippen molar-refractivity contribution in [2.45, 2.75) is 19.4 Å². The molecule has 0 unspecified atom stereocenters. The highest BCUT2D eigenvalue weighted by atomic mass is 35.5. The maximum atomic E-state index is 12.5. The van der Waals surface area contributed by atoms with Gasteiger partial charge in [0.05, 0.1) is 19.1 Å². The Hall–Kier alpha value is -0.850. The van der Waals surface area contributed by atoms with Gasteiger partial charge in [-0.3, -0.25) is 14.6 Å². The van der Waals surface area contributed by atoms with E-state index in [2.05, 4.69) is 15.1 Å². The van der Waals surface area contributed by atoms with Crippen molar-refractivity contribution in [2.75, 3.05) is 52.5 Å². The van der Waals surface area contributed by atoms with Crippen LogP contribution in [0.5, 0.6) is 0 Å². The van der Waals surface area contributed by atoms with Gasteiger partial charge in [0, 0.05) is 49.3 Å². The molecule has 0 saturated carbocycles. The van der Waals surface area contributed by atoms with Crippen molar-refractivity contribution in [3.8, 4) is 0 Å². The van der Waals surface area contributed by atoms with E-state index in [9.17, 15) is 4.79 Å². The molecule has 1 aromatic carbocycles. The summed E-state index contributed by atoms with van der Waals surface area (Å²) >= 11 is 12.3. The second-order valence-electron chi connectivity index (χ2n) is 7.06. The Morgan fingerprint density at radius 3 is 2.77 bits per heavy atom. The maximum absolute atomic E-state index is 12.5. The molecule has 2 saturated heterocycles. The predicted molar refractivity (Wildman–Crippen MR) is 105 cm³/mol. The highest BCUT2D eigenvalue weighted by molar-refractivity contribution is 6.35. The lowest BCUT2D eigenvalue weighted by Crippen LogP contribution is -2.45. The fourth-order valence-electron chi connectivity index (χ4n) is 3.61. The van der Waals surface area contributed by atoms with E-state index in [4.69, 9.17) is 27.9 Å². The molecule has 0 aliphatic carbocycles. The third-order valence-corrected chi connectivity index (χ3v) is 5.70. The number of halogens is 2.